The number of halogens is 1. The molecule has 0 heterocycles. The van der Waals surface area contributed by atoms with Crippen molar-refractivity contribution in [1.29, 1.82) is 0 Å². The highest BCUT2D eigenvalue weighted by Crippen LogP contribution is 2.30. The molecule has 0 amide bonds. The zero-order valence-corrected chi connectivity index (χ0v) is 14.1. The van der Waals surface area contributed by atoms with Crippen LogP contribution in [-0.4, -0.2) is 28.6 Å². The molecule has 0 aliphatic rings. The van der Waals surface area contributed by atoms with E-state index in [4.69, 9.17) is 16.3 Å². The minimum absolute atomic E-state index is 0.0186. The van der Waals surface area contributed by atoms with Crippen LogP contribution in [0.5, 0.6) is 11.5 Å². The first-order chi connectivity index (χ1) is 11.4. The molecule has 0 atom stereocenters. The summed E-state index contributed by atoms with van der Waals surface area (Å²) in [6, 6.07) is 6.88. The fourth-order valence-corrected chi connectivity index (χ4v) is 2.48. The third-order valence-electron chi connectivity index (χ3n) is 3.53. The lowest BCUT2D eigenvalue weighted by molar-refractivity contribution is 0.0523. The Kier molecular flexibility index (Phi) is 5.46. The first-order valence-electron chi connectivity index (χ1n) is 7.45. The Hall–Kier alpha value is -2.53. The van der Waals surface area contributed by atoms with Crippen molar-refractivity contribution in [1.82, 2.24) is 0 Å². The maximum atomic E-state index is 12.7. The van der Waals surface area contributed by atoms with Gasteiger partial charge in [-0.2, -0.15) is 0 Å². The molecule has 0 saturated heterocycles. The van der Waals surface area contributed by atoms with Crippen molar-refractivity contribution in [3.8, 4) is 11.5 Å². The van der Waals surface area contributed by atoms with Gasteiger partial charge < -0.3 is 14.9 Å². The first kappa shape index (κ1) is 17.8. The normalized spacial score (nSPS) is 10.5. The summed E-state index contributed by atoms with van der Waals surface area (Å²) in [5.41, 5.74) is 0.529. The van der Waals surface area contributed by atoms with Crippen LogP contribution >= 0.6 is 11.6 Å². The highest BCUT2D eigenvalue weighted by Gasteiger charge is 2.21. The Morgan fingerprint density at radius 1 is 1.08 bits per heavy atom. The molecule has 5 nitrogen and oxygen atoms in total. The summed E-state index contributed by atoms with van der Waals surface area (Å²) in [6.07, 6.45) is 0.418. The number of hydrogen-bond acceptors (Lipinski definition) is 5. The van der Waals surface area contributed by atoms with Crippen molar-refractivity contribution in [2.24, 2.45) is 0 Å². The monoisotopic (exact) mass is 348 g/mol. The standard InChI is InChI=1S/C18H17ClO5/c1-3-10-7-11(8-14(16(10)21)18(23)24-4-2)17(22)13-9-12(19)5-6-15(13)20/h5-9,20-21H,3-4H2,1-2H3. The predicted octanol–water partition coefficient (Wildman–Crippen LogP) is 3.72. The van der Waals surface area contributed by atoms with Gasteiger partial charge in [0.15, 0.2) is 5.78 Å². The number of carbonyl (C=O) groups is 2. The van der Waals surface area contributed by atoms with E-state index < -0.39 is 11.8 Å². The van der Waals surface area contributed by atoms with Crippen molar-refractivity contribution in [2.75, 3.05) is 6.61 Å². The molecular weight excluding hydrogens is 332 g/mol. The molecule has 2 N–H and O–H groups in total. The largest absolute Gasteiger partial charge is 0.507 e. The first-order valence-corrected chi connectivity index (χ1v) is 7.83. The summed E-state index contributed by atoms with van der Waals surface area (Å²) < 4.78 is 4.91. The van der Waals surface area contributed by atoms with Gasteiger partial charge in [-0.05, 0) is 49.2 Å². The minimum Gasteiger partial charge on any atom is -0.507 e. The number of ether oxygens (including phenoxy) is 1. The topological polar surface area (TPSA) is 83.8 Å². The Morgan fingerprint density at radius 2 is 1.79 bits per heavy atom. The molecule has 2 aromatic rings. The Labute approximate surface area is 144 Å². The third-order valence-corrected chi connectivity index (χ3v) is 3.77. The highest BCUT2D eigenvalue weighted by molar-refractivity contribution is 6.31. The Balaban J connectivity index is 2.57. The van der Waals surface area contributed by atoms with Crippen molar-refractivity contribution >= 4 is 23.4 Å². The van der Waals surface area contributed by atoms with E-state index in [2.05, 4.69) is 0 Å². The molecule has 24 heavy (non-hydrogen) atoms. The van der Waals surface area contributed by atoms with Gasteiger partial charge in [0.25, 0.3) is 0 Å². The molecule has 2 rings (SSSR count). The number of aryl methyl sites for hydroxylation is 1. The van der Waals surface area contributed by atoms with E-state index in [-0.39, 0.29) is 34.8 Å². The number of benzene rings is 2. The molecule has 0 spiro atoms. The van der Waals surface area contributed by atoms with Gasteiger partial charge in [0.2, 0.25) is 0 Å². The van der Waals surface area contributed by atoms with Gasteiger partial charge in [0, 0.05) is 10.6 Å². The van der Waals surface area contributed by atoms with Crippen LogP contribution in [-0.2, 0) is 11.2 Å². The van der Waals surface area contributed by atoms with E-state index in [1.807, 2.05) is 0 Å². The molecule has 0 fully saturated rings. The lowest BCUT2D eigenvalue weighted by Gasteiger charge is -2.12. The van der Waals surface area contributed by atoms with E-state index in [9.17, 15) is 19.8 Å². The van der Waals surface area contributed by atoms with Gasteiger partial charge in [0.1, 0.15) is 17.1 Å². The smallest absolute Gasteiger partial charge is 0.341 e. The van der Waals surface area contributed by atoms with E-state index in [0.717, 1.165) is 0 Å². The number of rotatable bonds is 5. The van der Waals surface area contributed by atoms with E-state index in [1.165, 1.54) is 30.3 Å². The second-order valence-electron chi connectivity index (χ2n) is 5.10. The van der Waals surface area contributed by atoms with Gasteiger partial charge in [0.05, 0.1) is 12.2 Å². The van der Waals surface area contributed by atoms with Crippen molar-refractivity contribution in [3.05, 3.63) is 57.6 Å². The quantitative estimate of drug-likeness (QED) is 0.635. The van der Waals surface area contributed by atoms with Crippen LogP contribution in [0.4, 0.5) is 0 Å². The Bertz CT molecular complexity index is 798. The van der Waals surface area contributed by atoms with Crippen LogP contribution in [0.3, 0.4) is 0 Å². The van der Waals surface area contributed by atoms with Crippen LogP contribution in [0, 0.1) is 0 Å². The maximum absolute atomic E-state index is 12.7. The third kappa shape index (κ3) is 3.51. The molecule has 0 saturated carbocycles. The highest BCUT2D eigenvalue weighted by atomic mass is 35.5. The zero-order valence-electron chi connectivity index (χ0n) is 13.3. The van der Waals surface area contributed by atoms with Crippen LogP contribution in [0.15, 0.2) is 30.3 Å². The predicted molar refractivity (Wildman–Crippen MR) is 90.0 cm³/mol. The average Bonchev–Trinajstić information content (AvgIpc) is 2.56. The van der Waals surface area contributed by atoms with Crippen molar-refractivity contribution < 1.29 is 24.5 Å². The lowest BCUT2D eigenvalue weighted by Crippen LogP contribution is -2.10. The van der Waals surface area contributed by atoms with Crippen molar-refractivity contribution in [2.45, 2.75) is 20.3 Å². The van der Waals surface area contributed by atoms with Gasteiger partial charge in [-0.3, -0.25) is 4.79 Å². The average molecular weight is 349 g/mol. The van der Waals surface area contributed by atoms with Gasteiger partial charge in [-0.25, -0.2) is 4.79 Å². The summed E-state index contributed by atoms with van der Waals surface area (Å²) in [5, 5.41) is 20.4. The van der Waals surface area contributed by atoms with Crippen LogP contribution in [0.25, 0.3) is 0 Å². The summed E-state index contributed by atoms with van der Waals surface area (Å²) in [6.45, 7) is 3.58. The molecule has 0 unspecified atom stereocenters. The molecule has 126 valence electrons. The number of aromatic hydroxyl groups is 2. The van der Waals surface area contributed by atoms with Crippen LogP contribution in [0.1, 0.15) is 45.7 Å². The van der Waals surface area contributed by atoms with Gasteiger partial charge in [-0.1, -0.05) is 18.5 Å². The van der Waals surface area contributed by atoms with E-state index >= 15 is 0 Å². The Morgan fingerprint density at radius 3 is 2.42 bits per heavy atom. The van der Waals surface area contributed by atoms with E-state index in [0.29, 0.717) is 17.0 Å². The molecule has 2 aromatic carbocycles. The number of phenols is 2. The number of hydrogen-bond donors (Lipinski definition) is 2. The van der Waals surface area contributed by atoms with Crippen LogP contribution < -0.4 is 0 Å². The summed E-state index contributed by atoms with van der Waals surface area (Å²) in [5.74, 6) is -1.64. The number of carbonyl (C=O) groups excluding carboxylic acids is 2. The summed E-state index contributed by atoms with van der Waals surface area (Å²) in [4.78, 5) is 24.7. The number of esters is 1. The SMILES string of the molecule is CCOC(=O)c1cc(C(=O)c2cc(Cl)ccc2O)cc(CC)c1O. The summed E-state index contributed by atoms with van der Waals surface area (Å²) >= 11 is 5.88. The second-order valence-corrected chi connectivity index (χ2v) is 5.53. The maximum Gasteiger partial charge on any atom is 0.341 e. The lowest BCUT2D eigenvalue weighted by atomic mass is 9.96. The molecular formula is C18H17ClO5. The fourth-order valence-electron chi connectivity index (χ4n) is 2.31. The zero-order chi connectivity index (χ0) is 17.9. The molecule has 0 bridgehead atoms. The number of phenolic OH excluding ortho intramolecular Hbond substituents is 2. The second kappa shape index (κ2) is 7.36. The fraction of sp³-hybridized carbons (Fsp3) is 0.222. The van der Waals surface area contributed by atoms with Gasteiger partial charge >= 0.3 is 5.97 Å². The molecule has 0 aliphatic heterocycles. The minimum atomic E-state index is -0.713. The molecule has 0 aliphatic carbocycles. The van der Waals surface area contributed by atoms with Crippen LogP contribution in [0.2, 0.25) is 5.02 Å². The number of ketones is 1. The molecule has 0 aromatic heterocycles. The molecule has 6 heteroatoms. The van der Waals surface area contributed by atoms with E-state index in [1.54, 1.807) is 13.8 Å². The summed E-state index contributed by atoms with van der Waals surface area (Å²) in [7, 11) is 0. The molecule has 0 radical (unpaired) electrons. The van der Waals surface area contributed by atoms with Crippen molar-refractivity contribution in [3.63, 3.8) is 0 Å². The van der Waals surface area contributed by atoms with Gasteiger partial charge in [-0.15, -0.1) is 0 Å².